The number of piperidine rings is 1. The van der Waals surface area contributed by atoms with Crippen LogP contribution in [0.15, 0.2) is 0 Å². The van der Waals surface area contributed by atoms with E-state index in [9.17, 15) is 0 Å². The van der Waals surface area contributed by atoms with E-state index in [1.165, 1.54) is 58.2 Å². The normalized spacial score (nSPS) is 29.9. The number of nitrogens with one attached hydrogen (secondary N) is 1. The van der Waals surface area contributed by atoms with Crippen molar-refractivity contribution in [1.29, 1.82) is 5.41 Å². The summed E-state index contributed by atoms with van der Waals surface area (Å²) >= 11 is 0. The third kappa shape index (κ3) is 3.98. The summed E-state index contributed by atoms with van der Waals surface area (Å²) in [4.78, 5) is 2.65. The lowest BCUT2D eigenvalue weighted by atomic mass is 9.75. The van der Waals surface area contributed by atoms with Crippen LogP contribution < -0.4 is 5.73 Å². The van der Waals surface area contributed by atoms with E-state index in [4.69, 9.17) is 11.1 Å². The molecule has 0 aromatic carbocycles. The highest BCUT2D eigenvalue weighted by molar-refractivity contribution is 5.76. The lowest BCUT2D eigenvalue weighted by Gasteiger charge is -2.41. The summed E-state index contributed by atoms with van der Waals surface area (Å²) in [5, 5.41) is 7.20. The van der Waals surface area contributed by atoms with E-state index in [-0.39, 0.29) is 0 Å². The second kappa shape index (κ2) is 6.39. The molecule has 0 radical (unpaired) electrons. The smallest absolute Gasteiger partial charge is 0.0905 e. The monoisotopic (exact) mass is 237 g/mol. The molecule has 2 atom stereocenters. The summed E-state index contributed by atoms with van der Waals surface area (Å²) in [7, 11) is 0. The number of hydrogen-bond acceptors (Lipinski definition) is 2. The molecule has 2 aliphatic rings. The number of rotatable bonds is 5. The highest BCUT2D eigenvalue weighted by Crippen LogP contribution is 2.35. The highest BCUT2D eigenvalue weighted by Gasteiger charge is 2.30. The van der Waals surface area contributed by atoms with E-state index in [2.05, 4.69) is 4.90 Å². The van der Waals surface area contributed by atoms with Crippen LogP contribution >= 0.6 is 0 Å². The molecule has 0 spiro atoms. The second-order valence-corrected chi connectivity index (χ2v) is 5.88. The van der Waals surface area contributed by atoms with Gasteiger partial charge in [0.15, 0.2) is 0 Å². The summed E-state index contributed by atoms with van der Waals surface area (Å²) in [6.07, 6.45) is 10.4. The number of hydrogen-bond donors (Lipinski definition) is 2. The van der Waals surface area contributed by atoms with Gasteiger partial charge in [0.2, 0.25) is 0 Å². The molecule has 3 N–H and O–H groups in total. The maximum Gasteiger partial charge on any atom is 0.0905 e. The predicted octanol–water partition coefficient (Wildman–Crippen LogP) is 2.60. The van der Waals surface area contributed by atoms with Gasteiger partial charge in [-0.1, -0.05) is 19.3 Å². The molecule has 3 nitrogen and oxygen atoms in total. The number of unbranched alkanes of at least 4 members (excludes halogenated alkanes) is 1. The molecule has 3 heteroatoms. The van der Waals surface area contributed by atoms with Crippen molar-refractivity contribution in [1.82, 2.24) is 4.90 Å². The van der Waals surface area contributed by atoms with Gasteiger partial charge >= 0.3 is 0 Å². The first kappa shape index (κ1) is 12.9. The van der Waals surface area contributed by atoms with Gasteiger partial charge in [0.25, 0.3) is 0 Å². The topological polar surface area (TPSA) is 53.1 Å². The maximum absolute atomic E-state index is 7.20. The van der Waals surface area contributed by atoms with Crippen LogP contribution in [0.4, 0.5) is 0 Å². The Bertz CT molecular complexity index is 252. The first-order valence-corrected chi connectivity index (χ1v) is 7.31. The van der Waals surface area contributed by atoms with Crippen molar-refractivity contribution in [2.45, 2.75) is 51.4 Å². The predicted molar refractivity (Wildman–Crippen MR) is 72.3 cm³/mol. The van der Waals surface area contributed by atoms with Crippen LogP contribution in [0.3, 0.4) is 0 Å². The van der Waals surface area contributed by atoms with E-state index >= 15 is 0 Å². The minimum absolute atomic E-state index is 0.344. The first-order chi connectivity index (χ1) is 8.25. The van der Waals surface area contributed by atoms with Crippen molar-refractivity contribution < 1.29 is 0 Å². The minimum atomic E-state index is 0.344. The van der Waals surface area contributed by atoms with Gasteiger partial charge < -0.3 is 10.6 Å². The van der Waals surface area contributed by atoms with Gasteiger partial charge in [-0.05, 0) is 50.6 Å². The maximum atomic E-state index is 7.20. The average molecular weight is 237 g/mol. The van der Waals surface area contributed by atoms with Gasteiger partial charge in [-0.15, -0.1) is 0 Å². The van der Waals surface area contributed by atoms with Crippen molar-refractivity contribution in [3.63, 3.8) is 0 Å². The van der Waals surface area contributed by atoms with Crippen LogP contribution in [-0.2, 0) is 0 Å². The van der Waals surface area contributed by atoms with E-state index in [0.717, 1.165) is 24.7 Å². The van der Waals surface area contributed by atoms with Gasteiger partial charge in [-0.25, -0.2) is 0 Å². The van der Waals surface area contributed by atoms with Crippen molar-refractivity contribution in [2.24, 2.45) is 17.6 Å². The number of amidine groups is 1. The average Bonchev–Trinajstić information content (AvgIpc) is 2.34. The quantitative estimate of drug-likeness (QED) is 0.439. The van der Waals surface area contributed by atoms with E-state index < -0.39 is 0 Å². The zero-order chi connectivity index (χ0) is 12.1. The molecule has 17 heavy (non-hydrogen) atoms. The fraction of sp³-hybridized carbons (Fsp3) is 0.929. The Morgan fingerprint density at radius 3 is 2.65 bits per heavy atom. The number of nitrogens with zero attached hydrogens (tertiary/aromatic N) is 1. The van der Waals surface area contributed by atoms with Gasteiger partial charge in [0.05, 0.1) is 5.84 Å². The summed E-state index contributed by atoms with van der Waals surface area (Å²) in [5.41, 5.74) is 5.37. The first-order valence-electron chi connectivity index (χ1n) is 7.31. The SMILES string of the molecule is N=C(N)CCCCN1CCC2CCCCC2C1. The van der Waals surface area contributed by atoms with E-state index in [0.29, 0.717) is 5.84 Å². The third-order valence-electron chi connectivity index (χ3n) is 4.55. The molecule has 2 unspecified atom stereocenters. The summed E-state index contributed by atoms with van der Waals surface area (Å²) in [5.74, 6) is 2.37. The largest absolute Gasteiger partial charge is 0.388 e. The Labute approximate surface area is 105 Å². The minimum Gasteiger partial charge on any atom is -0.388 e. The zero-order valence-electron chi connectivity index (χ0n) is 11.0. The molecule has 1 aliphatic heterocycles. The molecule has 1 saturated carbocycles. The van der Waals surface area contributed by atoms with Crippen molar-refractivity contribution in [3.8, 4) is 0 Å². The molecule has 0 aromatic heterocycles. The zero-order valence-corrected chi connectivity index (χ0v) is 11.0. The molecule has 0 amide bonds. The van der Waals surface area contributed by atoms with Crippen LogP contribution in [0.5, 0.6) is 0 Å². The molecule has 1 heterocycles. The van der Waals surface area contributed by atoms with Crippen LogP contribution in [0.25, 0.3) is 0 Å². The summed E-state index contributed by atoms with van der Waals surface area (Å²) < 4.78 is 0. The Morgan fingerprint density at radius 1 is 1.12 bits per heavy atom. The van der Waals surface area contributed by atoms with Crippen LogP contribution in [0.1, 0.15) is 51.4 Å². The molecular weight excluding hydrogens is 210 g/mol. The number of fused-ring (bicyclic) bond motifs is 1. The van der Waals surface area contributed by atoms with Crippen molar-refractivity contribution >= 4 is 5.84 Å². The Morgan fingerprint density at radius 2 is 1.88 bits per heavy atom. The van der Waals surface area contributed by atoms with Crippen LogP contribution in [-0.4, -0.2) is 30.4 Å². The fourth-order valence-corrected chi connectivity index (χ4v) is 3.53. The van der Waals surface area contributed by atoms with Crippen LogP contribution in [0.2, 0.25) is 0 Å². The van der Waals surface area contributed by atoms with E-state index in [1.54, 1.807) is 0 Å². The molecule has 98 valence electrons. The van der Waals surface area contributed by atoms with Crippen molar-refractivity contribution in [3.05, 3.63) is 0 Å². The molecular formula is C14H27N3. The molecule has 2 fully saturated rings. The molecule has 1 aliphatic carbocycles. The van der Waals surface area contributed by atoms with Crippen LogP contribution in [0, 0.1) is 17.2 Å². The molecule has 1 saturated heterocycles. The third-order valence-corrected chi connectivity index (χ3v) is 4.55. The van der Waals surface area contributed by atoms with Gasteiger partial charge in [-0.2, -0.15) is 0 Å². The molecule has 0 aromatic rings. The van der Waals surface area contributed by atoms with Crippen molar-refractivity contribution in [2.75, 3.05) is 19.6 Å². The summed E-state index contributed by atoms with van der Waals surface area (Å²) in [6.45, 7) is 3.86. The van der Waals surface area contributed by atoms with E-state index in [1.807, 2.05) is 0 Å². The fourth-order valence-electron chi connectivity index (χ4n) is 3.53. The molecule has 0 bridgehead atoms. The Kier molecular flexibility index (Phi) is 4.84. The number of nitrogens with two attached hydrogens (primary N) is 1. The number of likely N-dealkylation sites (tertiary alicyclic amines) is 1. The summed E-state index contributed by atoms with van der Waals surface area (Å²) in [6, 6.07) is 0. The van der Waals surface area contributed by atoms with Gasteiger partial charge in [-0.3, -0.25) is 5.41 Å². The Hall–Kier alpha value is -0.570. The van der Waals surface area contributed by atoms with Gasteiger partial charge in [0.1, 0.15) is 0 Å². The molecule has 2 rings (SSSR count). The lowest BCUT2D eigenvalue weighted by Crippen LogP contribution is -2.42. The van der Waals surface area contributed by atoms with Gasteiger partial charge in [0, 0.05) is 13.0 Å². The standard InChI is InChI=1S/C14H27N3/c15-14(16)7-3-4-9-17-10-8-12-5-1-2-6-13(12)11-17/h12-13H,1-11H2,(H3,15,16). The highest BCUT2D eigenvalue weighted by atomic mass is 15.1. The second-order valence-electron chi connectivity index (χ2n) is 5.88. The lowest BCUT2D eigenvalue weighted by molar-refractivity contribution is 0.0859. The Balaban J connectivity index is 1.64.